The summed E-state index contributed by atoms with van der Waals surface area (Å²) in [4.78, 5) is 23.1. The van der Waals surface area contributed by atoms with E-state index in [0.717, 1.165) is 26.5 Å². The molecule has 0 amide bonds. The molecule has 6 nitrogen and oxygen atoms in total. The number of nitrogens with zero attached hydrogens (tertiary/aromatic N) is 3. The van der Waals surface area contributed by atoms with Gasteiger partial charge in [-0.1, -0.05) is 11.6 Å². The van der Waals surface area contributed by atoms with E-state index in [0.29, 0.717) is 5.52 Å². The van der Waals surface area contributed by atoms with Gasteiger partial charge in [0.1, 0.15) is 12.1 Å². The zero-order chi connectivity index (χ0) is 14.4. The lowest BCUT2D eigenvalue weighted by Crippen LogP contribution is -2.27. The number of rotatable bonds is 2. The number of benzene rings is 1. The summed E-state index contributed by atoms with van der Waals surface area (Å²) in [6.07, 6.45) is 1.56. The van der Waals surface area contributed by atoms with Crippen LogP contribution in [-0.2, 0) is 18.4 Å². The first-order chi connectivity index (χ1) is 9.49. The molecular formula is C14H13N3O3. The normalized spacial score (nSPS) is 11.3. The third kappa shape index (κ3) is 1.69. The zero-order valence-corrected chi connectivity index (χ0v) is 11.1. The van der Waals surface area contributed by atoms with Crippen LogP contribution in [0, 0.1) is 6.92 Å². The Balaban J connectivity index is 2.44. The zero-order valence-electron chi connectivity index (χ0n) is 11.1. The number of hydrogen-bond donors (Lipinski definition) is 1. The third-order valence-electron chi connectivity index (χ3n) is 3.44. The number of aliphatic carboxylic acids is 1. The van der Waals surface area contributed by atoms with Crippen LogP contribution in [0.15, 0.2) is 29.2 Å². The molecule has 3 aromatic rings. The quantitative estimate of drug-likeness (QED) is 0.761. The summed E-state index contributed by atoms with van der Waals surface area (Å²) < 4.78 is 2.75. The van der Waals surface area contributed by atoms with Gasteiger partial charge in [-0.05, 0) is 19.1 Å². The molecule has 2 heterocycles. The minimum Gasteiger partial charge on any atom is -0.480 e. The van der Waals surface area contributed by atoms with Crippen LogP contribution in [0.1, 0.15) is 5.56 Å². The highest BCUT2D eigenvalue weighted by molar-refractivity contribution is 6.07. The van der Waals surface area contributed by atoms with Crippen molar-refractivity contribution in [2.75, 3.05) is 0 Å². The van der Waals surface area contributed by atoms with Gasteiger partial charge in [-0.2, -0.15) is 5.10 Å². The summed E-state index contributed by atoms with van der Waals surface area (Å²) in [5.74, 6) is -1.09. The van der Waals surface area contributed by atoms with Crippen molar-refractivity contribution in [1.82, 2.24) is 14.3 Å². The lowest BCUT2D eigenvalue weighted by atomic mass is 10.1. The SMILES string of the molecule is Cc1ccc2c(c1)c1cnn(CC(=O)O)c(=O)c1n2C. The summed E-state index contributed by atoms with van der Waals surface area (Å²) in [7, 11) is 1.80. The topological polar surface area (TPSA) is 77.1 Å². The largest absolute Gasteiger partial charge is 0.480 e. The lowest BCUT2D eigenvalue weighted by Gasteiger charge is -2.01. The molecule has 1 N–H and O–H groups in total. The molecule has 0 atom stereocenters. The molecule has 0 aliphatic rings. The van der Waals surface area contributed by atoms with Crippen LogP contribution in [0.5, 0.6) is 0 Å². The van der Waals surface area contributed by atoms with Crippen LogP contribution in [0.3, 0.4) is 0 Å². The van der Waals surface area contributed by atoms with Crippen molar-refractivity contribution in [3.8, 4) is 0 Å². The molecule has 102 valence electrons. The van der Waals surface area contributed by atoms with Crippen LogP contribution in [0.25, 0.3) is 21.8 Å². The molecule has 3 rings (SSSR count). The standard InChI is InChI=1S/C14H13N3O3/c1-8-3-4-11-9(5-8)10-6-15-17(7-12(18)19)14(20)13(10)16(11)2/h3-6H,7H2,1-2H3,(H,18,19). The van der Waals surface area contributed by atoms with Gasteiger partial charge in [-0.25, -0.2) is 4.68 Å². The molecule has 20 heavy (non-hydrogen) atoms. The molecule has 0 saturated carbocycles. The summed E-state index contributed by atoms with van der Waals surface area (Å²) in [6.45, 7) is 1.55. The smallest absolute Gasteiger partial charge is 0.325 e. The lowest BCUT2D eigenvalue weighted by molar-refractivity contribution is -0.137. The third-order valence-corrected chi connectivity index (χ3v) is 3.44. The first kappa shape index (κ1) is 12.4. The maximum atomic E-state index is 12.4. The fourth-order valence-electron chi connectivity index (χ4n) is 2.52. The number of hydrogen-bond acceptors (Lipinski definition) is 3. The van der Waals surface area contributed by atoms with Gasteiger partial charge < -0.3 is 9.67 Å². The number of aryl methyl sites for hydroxylation is 2. The highest BCUT2D eigenvalue weighted by Crippen LogP contribution is 2.26. The first-order valence-corrected chi connectivity index (χ1v) is 6.15. The molecule has 0 radical (unpaired) electrons. The van der Waals surface area contributed by atoms with Crippen molar-refractivity contribution in [2.24, 2.45) is 7.05 Å². The molecule has 2 aromatic heterocycles. The number of carboxylic acid groups (broad SMARTS) is 1. The summed E-state index contributed by atoms with van der Waals surface area (Å²) in [5, 5.41) is 14.5. The predicted molar refractivity (Wildman–Crippen MR) is 74.9 cm³/mol. The Morgan fingerprint density at radius 1 is 1.35 bits per heavy atom. The van der Waals surface area contributed by atoms with Gasteiger partial charge in [-0.15, -0.1) is 0 Å². The van der Waals surface area contributed by atoms with Crippen molar-refractivity contribution in [3.05, 3.63) is 40.3 Å². The maximum Gasteiger partial charge on any atom is 0.325 e. The van der Waals surface area contributed by atoms with Crippen LogP contribution in [0.2, 0.25) is 0 Å². The van der Waals surface area contributed by atoms with E-state index in [2.05, 4.69) is 5.10 Å². The minimum absolute atomic E-state index is 0.388. The van der Waals surface area contributed by atoms with Crippen molar-refractivity contribution < 1.29 is 9.90 Å². The van der Waals surface area contributed by atoms with Gasteiger partial charge in [0.15, 0.2) is 0 Å². The average molecular weight is 271 g/mol. The van der Waals surface area contributed by atoms with E-state index in [4.69, 9.17) is 5.11 Å². The Hall–Kier alpha value is -2.63. The van der Waals surface area contributed by atoms with E-state index in [-0.39, 0.29) is 5.56 Å². The van der Waals surface area contributed by atoms with Gasteiger partial charge >= 0.3 is 5.97 Å². The van der Waals surface area contributed by atoms with Crippen molar-refractivity contribution >= 4 is 27.8 Å². The summed E-state index contributed by atoms with van der Waals surface area (Å²) >= 11 is 0. The number of aromatic nitrogens is 3. The van der Waals surface area contributed by atoms with Crippen molar-refractivity contribution in [1.29, 1.82) is 0 Å². The Morgan fingerprint density at radius 2 is 2.10 bits per heavy atom. The van der Waals surface area contributed by atoms with Crippen LogP contribution in [0.4, 0.5) is 0 Å². The van der Waals surface area contributed by atoms with Gasteiger partial charge in [0.05, 0.1) is 6.20 Å². The highest BCUT2D eigenvalue weighted by Gasteiger charge is 2.14. The van der Waals surface area contributed by atoms with E-state index in [1.54, 1.807) is 17.8 Å². The number of fused-ring (bicyclic) bond motifs is 3. The van der Waals surface area contributed by atoms with Crippen LogP contribution >= 0.6 is 0 Å². The highest BCUT2D eigenvalue weighted by atomic mass is 16.4. The van der Waals surface area contributed by atoms with E-state index in [9.17, 15) is 9.59 Å². The molecule has 0 saturated heterocycles. The van der Waals surface area contributed by atoms with E-state index < -0.39 is 12.5 Å². The van der Waals surface area contributed by atoms with Crippen molar-refractivity contribution in [3.63, 3.8) is 0 Å². The van der Waals surface area contributed by atoms with Crippen molar-refractivity contribution in [2.45, 2.75) is 13.5 Å². The molecule has 0 spiro atoms. The molecular weight excluding hydrogens is 258 g/mol. The van der Waals surface area contributed by atoms with Crippen LogP contribution < -0.4 is 5.56 Å². The molecule has 0 bridgehead atoms. The Labute approximate surface area is 113 Å². The van der Waals surface area contributed by atoms with Gasteiger partial charge in [-0.3, -0.25) is 9.59 Å². The minimum atomic E-state index is -1.09. The molecule has 0 unspecified atom stereocenters. The number of carboxylic acids is 1. The molecule has 0 fully saturated rings. The Kier molecular flexibility index (Phi) is 2.60. The van der Waals surface area contributed by atoms with Crippen LogP contribution in [-0.4, -0.2) is 25.4 Å². The average Bonchev–Trinajstić information content (AvgIpc) is 2.66. The molecule has 1 aromatic carbocycles. The number of carbonyl (C=O) groups is 1. The summed E-state index contributed by atoms with van der Waals surface area (Å²) in [5.41, 5.74) is 2.11. The Bertz CT molecular complexity index is 905. The molecule has 0 aliphatic heterocycles. The summed E-state index contributed by atoms with van der Waals surface area (Å²) in [6, 6.07) is 5.93. The maximum absolute atomic E-state index is 12.4. The predicted octanol–water partition coefficient (Wildman–Crippen LogP) is 1.28. The molecule has 0 aliphatic carbocycles. The van der Waals surface area contributed by atoms with Gasteiger partial charge in [0.25, 0.3) is 5.56 Å². The second kappa shape index (κ2) is 4.19. The van der Waals surface area contributed by atoms with E-state index in [1.807, 2.05) is 25.1 Å². The fraction of sp³-hybridized carbons (Fsp3) is 0.214. The monoisotopic (exact) mass is 271 g/mol. The molecule has 6 heteroatoms. The fourth-order valence-corrected chi connectivity index (χ4v) is 2.52. The Morgan fingerprint density at radius 3 is 2.80 bits per heavy atom. The second-order valence-electron chi connectivity index (χ2n) is 4.84. The van der Waals surface area contributed by atoms with Gasteiger partial charge in [0.2, 0.25) is 0 Å². The van der Waals surface area contributed by atoms with E-state index >= 15 is 0 Å². The first-order valence-electron chi connectivity index (χ1n) is 6.15. The van der Waals surface area contributed by atoms with Gasteiger partial charge in [0, 0.05) is 23.3 Å². The van der Waals surface area contributed by atoms with E-state index in [1.165, 1.54) is 0 Å². The second-order valence-corrected chi connectivity index (χ2v) is 4.84.